The van der Waals surface area contributed by atoms with E-state index in [9.17, 15) is 4.79 Å². The Morgan fingerprint density at radius 3 is 3.18 bits per heavy atom. The van der Waals surface area contributed by atoms with Gasteiger partial charge >= 0.3 is 0 Å². The van der Waals surface area contributed by atoms with Gasteiger partial charge in [-0.3, -0.25) is 9.69 Å². The summed E-state index contributed by atoms with van der Waals surface area (Å²) in [4.78, 5) is 14.4. The van der Waals surface area contributed by atoms with E-state index in [1.807, 2.05) is 5.38 Å². The van der Waals surface area contributed by atoms with Crippen molar-refractivity contribution in [1.82, 2.24) is 9.47 Å². The molecule has 22 heavy (non-hydrogen) atoms. The Labute approximate surface area is 133 Å². The molecule has 0 fully saturated rings. The fourth-order valence-corrected chi connectivity index (χ4v) is 3.61. The van der Waals surface area contributed by atoms with Crippen molar-refractivity contribution in [2.24, 2.45) is 0 Å². The molecular weight excluding hydrogens is 296 g/mol. The molecule has 0 saturated heterocycles. The number of nitriles is 1. The molecule has 0 spiro atoms. The zero-order valence-electron chi connectivity index (χ0n) is 12.5. The maximum atomic E-state index is 12.1. The van der Waals surface area contributed by atoms with Crippen LogP contribution in [-0.2, 0) is 11.3 Å². The number of nitrogens with one attached hydrogen (secondary N) is 1. The Kier molecular flexibility index (Phi) is 4.27. The summed E-state index contributed by atoms with van der Waals surface area (Å²) >= 11 is 1.38. The number of carbonyl (C=O) groups excluding carboxylic acids is 1. The molecule has 114 valence electrons. The fourth-order valence-electron chi connectivity index (χ4n) is 2.86. The van der Waals surface area contributed by atoms with Crippen molar-refractivity contribution in [2.45, 2.75) is 25.9 Å². The minimum absolute atomic E-state index is 0.0351. The molecule has 1 amide bonds. The summed E-state index contributed by atoms with van der Waals surface area (Å²) in [6.45, 7) is 4.83. The van der Waals surface area contributed by atoms with Gasteiger partial charge in [0.1, 0.15) is 11.1 Å². The van der Waals surface area contributed by atoms with E-state index in [-0.39, 0.29) is 5.91 Å². The third-order valence-electron chi connectivity index (χ3n) is 4.13. The lowest BCUT2D eigenvalue weighted by molar-refractivity contribution is -0.116. The van der Waals surface area contributed by atoms with Crippen LogP contribution in [0, 0.1) is 11.3 Å². The number of hydrogen-bond donors (Lipinski definition) is 1. The van der Waals surface area contributed by atoms with Crippen LogP contribution in [0.2, 0.25) is 0 Å². The normalized spacial score (nSPS) is 17.7. The van der Waals surface area contributed by atoms with E-state index in [1.54, 1.807) is 6.07 Å². The van der Waals surface area contributed by atoms with Crippen LogP contribution in [0.5, 0.6) is 0 Å². The predicted octanol–water partition coefficient (Wildman–Crippen LogP) is 2.83. The summed E-state index contributed by atoms with van der Waals surface area (Å²) in [6, 6.07) is 8.35. The molecular formula is C16H18N4OS. The molecule has 5 nitrogen and oxygen atoms in total. The first kappa shape index (κ1) is 14.8. The Bertz CT molecular complexity index is 712. The number of hydrogen-bond acceptors (Lipinski definition) is 4. The van der Waals surface area contributed by atoms with E-state index >= 15 is 0 Å². The van der Waals surface area contributed by atoms with E-state index < -0.39 is 0 Å². The number of anilines is 1. The molecule has 2 aromatic heterocycles. The molecule has 0 aliphatic carbocycles. The van der Waals surface area contributed by atoms with Gasteiger partial charge in [0.25, 0.3) is 0 Å². The highest BCUT2D eigenvalue weighted by Gasteiger charge is 2.23. The summed E-state index contributed by atoms with van der Waals surface area (Å²) in [6.07, 6.45) is 2.55. The van der Waals surface area contributed by atoms with Crippen LogP contribution in [0.15, 0.2) is 29.8 Å². The molecule has 0 saturated carbocycles. The van der Waals surface area contributed by atoms with E-state index in [0.717, 1.165) is 19.6 Å². The maximum absolute atomic E-state index is 12.1. The highest BCUT2D eigenvalue weighted by atomic mass is 32.1. The quantitative estimate of drug-likeness (QED) is 0.944. The molecule has 3 rings (SSSR count). The smallest absolute Gasteiger partial charge is 0.226 e. The highest BCUT2D eigenvalue weighted by molar-refractivity contribution is 7.14. The van der Waals surface area contributed by atoms with Gasteiger partial charge in [0.05, 0.1) is 5.56 Å². The van der Waals surface area contributed by atoms with Crippen LogP contribution in [-0.4, -0.2) is 28.5 Å². The molecule has 1 unspecified atom stereocenters. The van der Waals surface area contributed by atoms with Gasteiger partial charge in [0.2, 0.25) is 5.91 Å². The lowest BCUT2D eigenvalue weighted by atomic mass is 10.1. The van der Waals surface area contributed by atoms with Gasteiger partial charge in [-0.15, -0.1) is 11.3 Å². The molecule has 0 aromatic carbocycles. The van der Waals surface area contributed by atoms with Gasteiger partial charge < -0.3 is 9.88 Å². The molecule has 6 heteroatoms. The first-order valence-electron chi connectivity index (χ1n) is 7.35. The zero-order chi connectivity index (χ0) is 15.5. The van der Waals surface area contributed by atoms with E-state index in [1.165, 1.54) is 17.0 Å². The molecule has 1 atom stereocenters. The second-order valence-corrected chi connectivity index (χ2v) is 6.33. The number of thiophene rings is 1. The van der Waals surface area contributed by atoms with Crippen LogP contribution in [0.25, 0.3) is 0 Å². The first-order chi connectivity index (χ1) is 10.7. The molecule has 3 heterocycles. The lowest BCUT2D eigenvalue weighted by Gasteiger charge is -2.34. The highest BCUT2D eigenvalue weighted by Crippen LogP contribution is 2.26. The van der Waals surface area contributed by atoms with Crippen LogP contribution in [0.3, 0.4) is 0 Å². The first-order valence-corrected chi connectivity index (χ1v) is 8.23. The number of fused-ring (bicyclic) bond motifs is 1. The van der Waals surface area contributed by atoms with Crippen molar-refractivity contribution in [3.8, 4) is 6.07 Å². The van der Waals surface area contributed by atoms with Crippen molar-refractivity contribution in [3.63, 3.8) is 0 Å². The largest absolute Gasteiger partial charge is 0.349 e. The minimum Gasteiger partial charge on any atom is -0.349 e. The zero-order valence-corrected chi connectivity index (χ0v) is 13.3. The average molecular weight is 314 g/mol. The van der Waals surface area contributed by atoms with Gasteiger partial charge in [-0.05, 0) is 30.5 Å². The Morgan fingerprint density at radius 1 is 1.50 bits per heavy atom. The summed E-state index contributed by atoms with van der Waals surface area (Å²) < 4.78 is 2.27. The van der Waals surface area contributed by atoms with Crippen molar-refractivity contribution in [2.75, 3.05) is 18.4 Å². The number of aromatic nitrogens is 1. The summed E-state index contributed by atoms with van der Waals surface area (Å²) in [5.74, 6) is -0.0351. The molecule has 1 N–H and O–H groups in total. The molecule has 2 aromatic rings. The SMILES string of the molecule is CC1c2cccn2CCN1CCC(=O)Nc1sccc1C#N. The van der Waals surface area contributed by atoms with Crippen LogP contribution in [0.4, 0.5) is 5.00 Å². The minimum atomic E-state index is -0.0351. The van der Waals surface area contributed by atoms with Crippen LogP contribution >= 0.6 is 11.3 Å². The fraction of sp³-hybridized carbons (Fsp3) is 0.375. The van der Waals surface area contributed by atoms with Gasteiger partial charge in [0.15, 0.2) is 0 Å². The number of carbonyl (C=O) groups is 1. The van der Waals surface area contributed by atoms with Crippen molar-refractivity contribution in [3.05, 3.63) is 41.0 Å². The monoisotopic (exact) mass is 314 g/mol. The van der Waals surface area contributed by atoms with Gasteiger partial charge in [-0.25, -0.2) is 0 Å². The van der Waals surface area contributed by atoms with Crippen LogP contribution in [0.1, 0.15) is 30.6 Å². The third kappa shape index (κ3) is 2.91. The predicted molar refractivity (Wildman–Crippen MR) is 86.7 cm³/mol. The van der Waals surface area contributed by atoms with E-state index in [0.29, 0.717) is 23.0 Å². The van der Waals surface area contributed by atoms with Gasteiger partial charge in [0, 0.05) is 44.0 Å². The standard InChI is InChI=1S/C16H18N4OS/c1-12-14-3-2-6-20(14)9-8-19(12)7-4-15(21)18-16-13(11-17)5-10-22-16/h2-3,5-6,10,12H,4,7-9H2,1H3,(H,18,21). The lowest BCUT2D eigenvalue weighted by Crippen LogP contribution is -2.38. The Hall–Kier alpha value is -2.10. The van der Waals surface area contributed by atoms with Crippen molar-refractivity contribution in [1.29, 1.82) is 5.26 Å². The number of nitrogens with zero attached hydrogens (tertiary/aromatic N) is 3. The van der Waals surface area contributed by atoms with E-state index in [2.05, 4.69) is 46.1 Å². The average Bonchev–Trinajstić information content (AvgIpc) is 3.15. The van der Waals surface area contributed by atoms with Gasteiger partial charge in [-0.2, -0.15) is 5.26 Å². The van der Waals surface area contributed by atoms with Crippen molar-refractivity contribution >= 4 is 22.2 Å². The summed E-state index contributed by atoms with van der Waals surface area (Å²) in [5, 5.41) is 14.3. The second kappa shape index (κ2) is 6.34. The maximum Gasteiger partial charge on any atom is 0.226 e. The summed E-state index contributed by atoms with van der Waals surface area (Å²) in [7, 11) is 0. The molecule has 0 radical (unpaired) electrons. The topological polar surface area (TPSA) is 61.1 Å². The number of amides is 1. The Morgan fingerprint density at radius 2 is 2.36 bits per heavy atom. The Balaban J connectivity index is 1.55. The van der Waals surface area contributed by atoms with Gasteiger partial charge in [-0.1, -0.05) is 0 Å². The number of rotatable bonds is 4. The van der Waals surface area contributed by atoms with Crippen LogP contribution < -0.4 is 5.32 Å². The molecule has 1 aliphatic heterocycles. The van der Waals surface area contributed by atoms with Crippen molar-refractivity contribution < 1.29 is 4.79 Å². The molecule has 0 bridgehead atoms. The summed E-state index contributed by atoms with van der Waals surface area (Å²) in [5.41, 5.74) is 1.83. The second-order valence-electron chi connectivity index (χ2n) is 5.41. The third-order valence-corrected chi connectivity index (χ3v) is 4.96. The molecule has 1 aliphatic rings. The van der Waals surface area contributed by atoms with E-state index in [4.69, 9.17) is 5.26 Å².